The number of ether oxygens (including phenoxy) is 4. The summed E-state index contributed by atoms with van der Waals surface area (Å²) in [5.74, 6) is 1.97. The van der Waals surface area contributed by atoms with E-state index in [0.29, 0.717) is 35.1 Å². The summed E-state index contributed by atoms with van der Waals surface area (Å²) in [6.07, 6.45) is 0. The number of para-hydroxylation sites is 1. The van der Waals surface area contributed by atoms with Gasteiger partial charge in [-0.05, 0) is 29.8 Å². The first-order valence-corrected chi connectivity index (χ1v) is 9.02. The van der Waals surface area contributed by atoms with E-state index in [0.717, 1.165) is 11.3 Å². The Labute approximate surface area is 170 Å². The van der Waals surface area contributed by atoms with Crippen LogP contribution in [-0.4, -0.2) is 27.2 Å². The molecule has 0 aliphatic heterocycles. The monoisotopic (exact) mass is 393 g/mol. The Morgan fingerprint density at radius 1 is 0.828 bits per heavy atom. The zero-order valence-corrected chi connectivity index (χ0v) is 16.6. The van der Waals surface area contributed by atoms with Crippen molar-refractivity contribution in [1.29, 1.82) is 0 Å². The van der Waals surface area contributed by atoms with Gasteiger partial charge in [0.15, 0.2) is 11.5 Å². The molecule has 1 amide bonds. The van der Waals surface area contributed by atoms with Crippen molar-refractivity contribution in [3.05, 3.63) is 77.9 Å². The molecule has 0 fully saturated rings. The number of amides is 1. The molecule has 29 heavy (non-hydrogen) atoms. The van der Waals surface area contributed by atoms with Crippen molar-refractivity contribution in [2.45, 2.75) is 6.61 Å². The van der Waals surface area contributed by atoms with E-state index in [1.165, 1.54) is 21.3 Å². The topological polar surface area (TPSA) is 66.0 Å². The molecule has 0 aromatic heterocycles. The summed E-state index contributed by atoms with van der Waals surface area (Å²) in [6, 6.07) is 20.2. The summed E-state index contributed by atoms with van der Waals surface area (Å²) in [7, 11) is 4.58. The van der Waals surface area contributed by atoms with Gasteiger partial charge in [-0.1, -0.05) is 30.3 Å². The molecular formula is C23H23NO5. The second-order valence-electron chi connectivity index (χ2n) is 6.17. The van der Waals surface area contributed by atoms with Crippen LogP contribution in [0, 0.1) is 0 Å². The van der Waals surface area contributed by atoms with Gasteiger partial charge in [0.1, 0.15) is 12.4 Å². The normalized spacial score (nSPS) is 10.2. The summed E-state index contributed by atoms with van der Waals surface area (Å²) in [5.41, 5.74) is 2.04. The number of benzene rings is 3. The summed E-state index contributed by atoms with van der Waals surface area (Å²) < 4.78 is 21.6. The van der Waals surface area contributed by atoms with Gasteiger partial charge in [-0.2, -0.15) is 0 Å². The minimum Gasteiger partial charge on any atom is -0.493 e. The maximum Gasteiger partial charge on any atom is 0.255 e. The van der Waals surface area contributed by atoms with Gasteiger partial charge in [0.05, 0.1) is 21.3 Å². The van der Waals surface area contributed by atoms with Crippen LogP contribution in [0.25, 0.3) is 0 Å². The summed E-state index contributed by atoms with van der Waals surface area (Å²) >= 11 is 0. The molecule has 0 aliphatic rings. The Balaban J connectivity index is 1.68. The Kier molecular flexibility index (Phi) is 6.58. The second kappa shape index (κ2) is 9.50. The first kappa shape index (κ1) is 20.1. The number of hydrogen-bond acceptors (Lipinski definition) is 5. The summed E-state index contributed by atoms with van der Waals surface area (Å²) in [6.45, 7) is 0.429. The Morgan fingerprint density at radius 3 is 2.00 bits per heavy atom. The largest absolute Gasteiger partial charge is 0.493 e. The first-order valence-electron chi connectivity index (χ1n) is 9.02. The average Bonchev–Trinajstić information content (AvgIpc) is 2.77. The van der Waals surface area contributed by atoms with Crippen LogP contribution in [-0.2, 0) is 6.61 Å². The lowest BCUT2D eigenvalue weighted by atomic mass is 10.1. The van der Waals surface area contributed by atoms with Gasteiger partial charge in [0.25, 0.3) is 5.91 Å². The molecule has 0 radical (unpaired) electrons. The van der Waals surface area contributed by atoms with Crippen molar-refractivity contribution in [3.8, 4) is 23.0 Å². The number of rotatable bonds is 8. The number of carbonyl (C=O) groups is 1. The summed E-state index contributed by atoms with van der Waals surface area (Å²) in [4.78, 5) is 12.6. The number of nitrogens with one attached hydrogen (secondary N) is 1. The molecular weight excluding hydrogens is 370 g/mol. The van der Waals surface area contributed by atoms with Crippen LogP contribution in [0.5, 0.6) is 23.0 Å². The SMILES string of the molecule is COc1cc(NC(=O)c2ccc(COc3ccccc3)cc2)cc(OC)c1OC. The van der Waals surface area contributed by atoms with E-state index >= 15 is 0 Å². The van der Waals surface area contributed by atoms with E-state index in [1.54, 1.807) is 24.3 Å². The van der Waals surface area contributed by atoms with Crippen LogP contribution < -0.4 is 24.3 Å². The second-order valence-corrected chi connectivity index (χ2v) is 6.17. The lowest BCUT2D eigenvalue weighted by Gasteiger charge is -2.14. The Morgan fingerprint density at radius 2 is 1.45 bits per heavy atom. The predicted molar refractivity (Wildman–Crippen MR) is 111 cm³/mol. The fraction of sp³-hybridized carbons (Fsp3) is 0.174. The molecule has 0 unspecified atom stereocenters. The molecule has 0 heterocycles. The lowest BCUT2D eigenvalue weighted by Crippen LogP contribution is -2.12. The van der Waals surface area contributed by atoms with E-state index in [1.807, 2.05) is 42.5 Å². The molecule has 0 bridgehead atoms. The van der Waals surface area contributed by atoms with Crippen molar-refractivity contribution in [2.75, 3.05) is 26.6 Å². The standard InChI is InChI=1S/C23H23NO5/c1-26-20-13-18(14-21(27-2)22(20)28-3)24-23(25)17-11-9-16(10-12-17)15-29-19-7-5-4-6-8-19/h4-14H,15H2,1-3H3,(H,24,25). The average molecular weight is 393 g/mol. The molecule has 6 nitrogen and oxygen atoms in total. The van der Waals surface area contributed by atoms with Gasteiger partial charge >= 0.3 is 0 Å². The van der Waals surface area contributed by atoms with Gasteiger partial charge in [0, 0.05) is 23.4 Å². The Bertz CT molecular complexity index is 930. The van der Waals surface area contributed by atoms with Crippen molar-refractivity contribution in [3.63, 3.8) is 0 Å². The van der Waals surface area contributed by atoms with Crippen molar-refractivity contribution < 1.29 is 23.7 Å². The Hall–Kier alpha value is -3.67. The zero-order chi connectivity index (χ0) is 20.6. The smallest absolute Gasteiger partial charge is 0.255 e. The predicted octanol–water partition coefficient (Wildman–Crippen LogP) is 4.54. The molecule has 3 aromatic carbocycles. The van der Waals surface area contributed by atoms with Crippen molar-refractivity contribution >= 4 is 11.6 Å². The van der Waals surface area contributed by atoms with Crippen molar-refractivity contribution in [1.82, 2.24) is 0 Å². The van der Waals surface area contributed by atoms with Crippen LogP contribution in [0.3, 0.4) is 0 Å². The van der Waals surface area contributed by atoms with Crippen LogP contribution >= 0.6 is 0 Å². The quantitative estimate of drug-likeness (QED) is 0.608. The maximum absolute atomic E-state index is 12.6. The molecule has 150 valence electrons. The van der Waals surface area contributed by atoms with E-state index in [4.69, 9.17) is 18.9 Å². The number of methoxy groups -OCH3 is 3. The zero-order valence-electron chi connectivity index (χ0n) is 16.6. The molecule has 0 saturated heterocycles. The highest BCUT2D eigenvalue weighted by atomic mass is 16.5. The van der Waals surface area contributed by atoms with Crippen molar-refractivity contribution in [2.24, 2.45) is 0 Å². The first-order chi connectivity index (χ1) is 14.1. The molecule has 0 saturated carbocycles. The van der Waals surface area contributed by atoms with E-state index < -0.39 is 0 Å². The highest BCUT2D eigenvalue weighted by molar-refractivity contribution is 6.04. The van der Waals surface area contributed by atoms with Crippen LogP contribution in [0.2, 0.25) is 0 Å². The number of anilines is 1. The molecule has 0 aliphatic carbocycles. The van der Waals surface area contributed by atoms with Crippen LogP contribution in [0.1, 0.15) is 15.9 Å². The van der Waals surface area contributed by atoms with E-state index in [-0.39, 0.29) is 5.91 Å². The third kappa shape index (κ3) is 4.99. The van der Waals surface area contributed by atoms with Gasteiger partial charge in [-0.15, -0.1) is 0 Å². The van der Waals surface area contributed by atoms with Gasteiger partial charge in [0.2, 0.25) is 5.75 Å². The summed E-state index contributed by atoms with van der Waals surface area (Å²) in [5, 5.41) is 2.85. The maximum atomic E-state index is 12.6. The fourth-order valence-corrected chi connectivity index (χ4v) is 2.79. The van der Waals surface area contributed by atoms with E-state index in [9.17, 15) is 4.79 Å². The van der Waals surface area contributed by atoms with Gasteiger partial charge in [-0.3, -0.25) is 4.79 Å². The highest BCUT2D eigenvalue weighted by Crippen LogP contribution is 2.40. The van der Waals surface area contributed by atoms with Crippen LogP contribution in [0.15, 0.2) is 66.7 Å². The number of hydrogen-bond donors (Lipinski definition) is 1. The molecule has 0 spiro atoms. The molecule has 6 heteroatoms. The minimum absolute atomic E-state index is 0.241. The van der Waals surface area contributed by atoms with E-state index in [2.05, 4.69) is 5.32 Å². The van der Waals surface area contributed by atoms with Gasteiger partial charge < -0.3 is 24.3 Å². The fourth-order valence-electron chi connectivity index (χ4n) is 2.79. The molecule has 0 atom stereocenters. The minimum atomic E-state index is -0.241. The highest BCUT2D eigenvalue weighted by Gasteiger charge is 2.15. The third-order valence-corrected chi connectivity index (χ3v) is 4.29. The third-order valence-electron chi connectivity index (χ3n) is 4.29. The molecule has 3 rings (SSSR count). The lowest BCUT2D eigenvalue weighted by molar-refractivity contribution is 0.102. The van der Waals surface area contributed by atoms with Gasteiger partial charge in [-0.25, -0.2) is 0 Å². The molecule has 3 aromatic rings. The van der Waals surface area contributed by atoms with Crippen LogP contribution in [0.4, 0.5) is 5.69 Å². The number of carbonyl (C=O) groups excluding carboxylic acids is 1. The molecule has 1 N–H and O–H groups in total.